The van der Waals surface area contributed by atoms with Crippen molar-refractivity contribution in [2.75, 3.05) is 32.1 Å². The molecule has 1 N–H and O–H groups in total. The molecule has 150 valence electrons. The number of amides is 1. The second kappa shape index (κ2) is 10.3. The van der Waals surface area contributed by atoms with Crippen molar-refractivity contribution in [3.8, 4) is 0 Å². The van der Waals surface area contributed by atoms with Crippen molar-refractivity contribution in [2.45, 2.75) is 13.0 Å². The molecule has 0 fully saturated rings. The summed E-state index contributed by atoms with van der Waals surface area (Å²) in [4.78, 5) is 25.4. The van der Waals surface area contributed by atoms with E-state index in [1.807, 2.05) is 67.5 Å². The summed E-state index contributed by atoms with van der Waals surface area (Å²) in [6, 6.07) is 20.2. The molecule has 0 spiro atoms. The molecule has 0 unspecified atom stereocenters. The van der Waals surface area contributed by atoms with Gasteiger partial charge in [0.15, 0.2) is 0 Å². The van der Waals surface area contributed by atoms with E-state index in [0.29, 0.717) is 24.6 Å². The fourth-order valence-electron chi connectivity index (χ4n) is 2.93. The third-order valence-electron chi connectivity index (χ3n) is 4.46. The number of carbonyl (C=O) groups is 1. The molecule has 0 saturated carbocycles. The lowest BCUT2D eigenvalue weighted by atomic mass is 10.2. The second-order valence-electron chi connectivity index (χ2n) is 7.09. The molecule has 2 aromatic carbocycles. The number of anilines is 2. The van der Waals surface area contributed by atoms with Gasteiger partial charge in [-0.3, -0.25) is 4.79 Å². The minimum absolute atomic E-state index is 0.148. The average molecular weight is 390 g/mol. The summed E-state index contributed by atoms with van der Waals surface area (Å²) in [6.07, 6.45) is 4.08. The van der Waals surface area contributed by atoms with E-state index in [0.717, 1.165) is 24.2 Å². The quantitative estimate of drug-likeness (QED) is 0.568. The van der Waals surface area contributed by atoms with Crippen molar-refractivity contribution in [2.24, 2.45) is 0 Å². The van der Waals surface area contributed by atoms with E-state index in [1.165, 1.54) is 0 Å². The van der Waals surface area contributed by atoms with Gasteiger partial charge in [-0.25, -0.2) is 9.97 Å². The number of hydrogen-bond acceptors (Lipinski definition) is 5. The lowest BCUT2D eigenvalue weighted by Gasteiger charge is -2.23. The Bertz CT molecular complexity index is 882. The molecule has 0 saturated heterocycles. The van der Waals surface area contributed by atoms with Crippen molar-refractivity contribution < 1.29 is 4.79 Å². The number of nitrogens with one attached hydrogen (secondary N) is 1. The Kier molecular flexibility index (Phi) is 7.30. The number of benzene rings is 2. The van der Waals surface area contributed by atoms with Crippen LogP contribution in [0.4, 0.5) is 11.6 Å². The second-order valence-corrected chi connectivity index (χ2v) is 7.09. The van der Waals surface area contributed by atoms with Crippen LogP contribution in [0.1, 0.15) is 22.3 Å². The van der Waals surface area contributed by atoms with Crippen LogP contribution in [-0.2, 0) is 6.54 Å². The van der Waals surface area contributed by atoms with E-state index < -0.39 is 0 Å². The zero-order chi connectivity index (χ0) is 20.5. The maximum absolute atomic E-state index is 12.3. The third-order valence-corrected chi connectivity index (χ3v) is 4.46. The monoisotopic (exact) mass is 389 g/mol. The Morgan fingerprint density at radius 1 is 0.931 bits per heavy atom. The number of rotatable bonds is 9. The SMILES string of the molecule is CN(C)CCCNC(=O)c1cnc(N(Cc2ccccc2)c2ccccc2)nc1. The number of carbonyl (C=O) groups excluding carboxylic acids is 1. The molecular formula is C23H27N5O. The van der Waals surface area contributed by atoms with Crippen molar-refractivity contribution in [1.29, 1.82) is 0 Å². The molecule has 6 nitrogen and oxygen atoms in total. The van der Waals surface area contributed by atoms with E-state index in [4.69, 9.17) is 0 Å². The van der Waals surface area contributed by atoms with Crippen LogP contribution >= 0.6 is 0 Å². The molecule has 3 rings (SSSR count). The Balaban J connectivity index is 1.72. The first-order chi connectivity index (χ1) is 14.1. The van der Waals surface area contributed by atoms with Gasteiger partial charge >= 0.3 is 0 Å². The van der Waals surface area contributed by atoms with E-state index in [9.17, 15) is 4.79 Å². The summed E-state index contributed by atoms with van der Waals surface area (Å²) >= 11 is 0. The Hall–Kier alpha value is -3.25. The molecule has 6 heteroatoms. The highest BCUT2D eigenvalue weighted by Crippen LogP contribution is 2.24. The summed E-state index contributed by atoms with van der Waals surface area (Å²) < 4.78 is 0. The highest BCUT2D eigenvalue weighted by Gasteiger charge is 2.14. The normalized spacial score (nSPS) is 10.7. The molecule has 0 aliphatic carbocycles. The average Bonchev–Trinajstić information content (AvgIpc) is 2.76. The molecular weight excluding hydrogens is 362 g/mol. The number of nitrogens with zero attached hydrogens (tertiary/aromatic N) is 4. The van der Waals surface area contributed by atoms with Crippen LogP contribution in [0.25, 0.3) is 0 Å². The van der Waals surface area contributed by atoms with Gasteiger partial charge in [-0.15, -0.1) is 0 Å². The van der Waals surface area contributed by atoms with Gasteiger partial charge in [0.05, 0.1) is 12.1 Å². The maximum atomic E-state index is 12.3. The number of aromatic nitrogens is 2. The zero-order valence-electron chi connectivity index (χ0n) is 17.0. The summed E-state index contributed by atoms with van der Waals surface area (Å²) in [5.41, 5.74) is 2.62. The maximum Gasteiger partial charge on any atom is 0.254 e. The highest BCUT2D eigenvalue weighted by molar-refractivity contribution is 5.93. The topological polar surface area (TPSA) is 61.4 Å². The van der Waals surface area contributed by atoms with Crippen LogP contribution in [0.2, 0.25) is 0 Å². The van der Waals surface area contributed by atoms with Gasteiger partial charge in [-0.1, -0.05) is 48.5 Å². The first-order valence-electron chi connectivity index (χ1n) is 9.75. The van der Waals surface area contributed by atoms with E-state index in [1.54, 1.807) is 12.4 Å². The molecule has 0 bridgehead atoms. The summed E-state index contributed by atoms with van der Waals surface area (Å²) in [5.74, 6) is 0.411. The van der Waals surface area contributed by atoms with Crippen molar-refractivity contribution in [3.05, 3.63) is 84.2 Å². The predicted molar refractivity (Wildman–Crippen MR) is 116 cm³/mol. The van der Waals surface area contributed by atoms with Crippen molar-refractivity contribution in [1.82, 2.24) is 20.2 Å². The van der Waals surface area contributed by atoms with Crippen molar-refractivity contribution >= 4 is 17.5 Å². The molecule has 0 radical (unpaired) electrons. The van der Waals surface area contributed by atoms with Crippen LogP contribution in [-0.4, -0.2) is 48.0 Å². The molecule has 1 aromatic heterocycles. The van der Waals surface area contributed by atoms with Crippen LogP contribution < -0.4 is 10.2 Å². The summed E-state index contributed by atoms with van der Waals surface area (Å²) in [7, 11) is 4.03. The minimum atomic E-state index is -0.148. The van der Waals surface area contributed by atoms with E-state index in [-0.39, 0.29) is 5.91 Å². The first kappa shape index (κ1) is 20.5. The van der Waals surface area contributed by atoms with Gasteiger partial charge in [0.1, 0.15) is 0 Å². The fourth-order valence-corrected chi connectivity index (χ4v) is 2.93. The Morgan fingerprint density at radius 3 is 2.17 bits per heavy atom. The zero-order valence-corrected chi connectivity index (χ0v) is 17.0. The van der Waals surface area contributed by atoms with Crippen LogP contribution in [0.3, 0.4) is 0 Å². The Labute approximate surface area is 172 Å². The van der Waals surface area contributed by atoms with Crippen molar-refractivity contribution in [3.63, 3.8) is 0 Å². The smallest absolute Gasteiger partial charge is 0.254 e. The standard InChI is InChI=1S/C23H27N5O/c1-27(2)15-9-14-24-22(29)20-16-25-23(26-17-20)28(21-12-7-4-8-13-21)18-19-10-5-3-6-11-19/h3-8,10-13,16-17H,9,14-15,18H2,1-2H3,(H,24,29). The van der Waals surface area contributed by atoms with Gasteiger partial charge in [-0.2, -0.15) is 0 Å². The molecule has 1 heterocycles. The number of hydrogen-bond donors (Lipinski definition) is 1. The first-order valence-corrected chi connectivity index (χ1v) is 9.75. The van der Waals surface area contributed by atoms with Gasteiger partial charge in [0, 0.05) is 24.6 Å². The Morgan fingerprint density at radius 2 is 1.55 bits per heavy atom. The van der Waals surface area contributed by atoms with Gasteiger partial charge < -0.3 is 15.1 Å². The summed E-state index contributed by atoms with van der Waals surface area (Å²) in [5, 5.41) is 2.92. The number of para-hydroxylation sites is 1. The largest absolute Gasteiger partial charge is 0.352 e. The van der Waals surface area contributed by atoms with Gasteiger partial charge in [-0.05, 0) is 44.8 Å². The van der Waals surface area contributed by atoms with Gasteiger partial charge in [0.2, 0.25) is 5.95 Å². The van der Waals surface area contributed by atoms with Crippen LogP contribution in [0, 0.1) is 0 Å². The minimum Gasteiger partial charge on any atom is -0.352 e. The van der Waals surface area contributed by atoms with Gasteiger partial charge in [0.25, 0.3) is 5.91 Å². The molecule has 0 aliphatic heterocycles. The third kappa shape index (κ3) is 6.12. The predicted octanol–water partition coefficient (Wildman–Crippen LogP) is 3.50. The summed E-state index contributed by atoms with van der Waals surface area (Å²) in [6.45, 7) is 2.20. The molecule has 3 aromatic rings. The van der Waals surface area contributed by atoms with Crippen LogP contribution in [0.5, 0.6) is 0 Å². The van der Waals surface area contributed by atoms with E-state index in [2.05, 4.69) is 32.3 Å². The highest BCUT2D eigenvalue weighted by atomic mass is 16.1. The lowest BCUT2D eigenvalue weighted by molar-refractivity contribution is 0.0951. The molecule has 29 heavy (non-hydrogen) atoms. The lowest BCUT2D eigenvalue weighted by Crippen LogP contribution is -2.27. The molecule has 0 aliphatic rings. The fraction of sp³-hybridized carbons (Fsp3) is 0.261. The van der Waals surface area contributed by atoms with E-state index >= 15 is 0 Å². The van der Waals surface area contributed by atoms with Crippen LogP contribution in [0.15, 0.2) is 73.1 Å². The molecule has 0 atom stereocenters. The molecule has 1 amide bonds.